The molecule has 2 aromatic rings. The maximum absolute atomic E-state index is 12.4. The van der Waals surface area contributed by atoms with E-state index in [9.17, 15) is 30.7 Å². The van der Waals surface area contributed by atoms with Crippen molar-refractivity contribution in [3.63, 3.8) is 0 Å². The van der Waals surface area contributed by atoms with E-state index >= 15 is 0 Å². The molecule has 296 valence electrons. The molecular weight excluding hydrogens is 723 g/mol. The van der Waals surface area contributed by atoms with Crippen LogP contribution >= 0.6 is 0 Å². The van der Waals surface area contributed by atoms with Crippen LogP contribution in [-0.2, 0) is 35.9 Å². The second kappa shape index (κ2) is 18.5. The van der Waals surface area contributed by atoms with E-state index < -0.39 is 31.4 Å². The SMILES string of the molecule is CCCCN1C(=CC=CC=CC2=[N+](CCCS(=O)(=O)O)c3ccc(S(=O)(=O)O)cc3C2(C)C)C(C)(CCCCCC(=O)CCCCN)c2cc(C)ccc21. The third-order valence-corrected chi connectivity index (χ3v) is 12.5. The van der Waals surface area contributed by atoms with Gasteiger partial charge in [-0.05, 0) is 96.2 Å². The number of nitrogens with two attached hydrogens (primary N) is 1. The summed E-state index contributed by atoms with van der Waals surface area (Å²) < 4.78 is 68.1. The van der Waals surface area contributed by atoms with E-state index in [0.717, 1.165) is 63.6 Å². The number of carbonyl (C=O) groups is 1. The first-order chi connectivity index (χ1) is 25.4. The van der Waals surface area contributed by atoms with Gasteiger partial charge in [0.2, 0.25) is 5.69 Å². The van der Waals surface area contributed by atoms with Crippen LogP contribution in [0.25, 0.3) is 0 Å². The molecule has 0 saturated heterocycles. The van der Waals surface area contributed by atoms with Gasteiger partial charge < -0.3 is 10.6 Å². The summed E-state index contributed by atoms with van der Waals surface area (Å²) in [4.78, 5) is 14.6. The quantitative estimate of drug-likeness (QED) is 0.0492. The maximum Gasteiger partial charge on any atom is 0.294 e. The number of unbranched alkanes of at least 4 members (excludes halogenated alkanes) is 4. The van der Waals surface area contributed by atoms with Crippen molar-refractivity contribution in [2.75, 3.05) is 30.3 Å². The van der Waals surface area contributed by atoms with Gasteiger partial charge in [0.05, 0.1) is 16.1 Å². The average molecular weight is 783 g/mol. The van der Waals surface area contributed by atoms with E-state index in [1.165, 1.54) is 34.6 Å². The molecule has 0 fully saturated rings. The lowest BCUT2D eigenvalue weighted by molar-refractivity contribution is -0.437. The van der Waals surface area contributed by atoms with Crippen molar-refractivity contribution in [1.82, 2.24) is 0 Å². The minimum atomic E-state index is -4.43. The van der Waals surface area contributed by atoms with Gasteiger partial charge in [-0.3, -0.25) is 13.9 Å². The Morgan fingerprint density at radius 2 is 1.59 bits per heavy atom. The van der Waals surface area contributed by atoms with Gasteiger partial charge in [0.25, 0.3) is 20.2 Å². The average Bonchev–Trinajstić information content (AvgIpc) is 3.44. The number of hydrogen-bond donors (Lipinski definition) is 3. The number of aryl methyl sites for hydroxylation is 1. The lowest BCUT2D eigenvalue weighted by Crippen LogP contribution is -2.29. The Morgan fingerprint density at radius 3 is 2.26 bits per heavy atom. The number of benzene rings is 2. The van der Waals surface area contributed by atoms with Crippen LogP contribution in [0.15, 0.2) is 77.4 Å². The fourth-order valence-corrected chi connectivity index (χ4v) is 8.87. The number of Topliss-reactive ketones (excluding diaryl/α,β-unsaturated/α-hetero) is 1. The fraction of sp³-hybridized carbons (Fsp3) is 0.524. The highest BCUT2D eigenvalue weighted by Gasteiger charge is 2.45. The second-order valence-electron chi connectivity index (χ2n) is 15.5. The van der Waals surface area contributed by atoms with Crippen LogP contribution in [0.3, 0.4) is 0 Å². The number of nitrogens with zero attached hydrogens (tertiary/aromatic N) is 2. The summed E-state index contributed by atoms with van der Waals surface area (Å²) >= 11 is 0. The van der Waals surface area contributed by atoms with Crippen LogP contribution in [0.4, 0.5) is 11.4 Å². The van der Waals surface area contributed by atoms with Crippen LogP contribution < -0.4 is 10.6 Å². The van der Waals surface area contributed by atoms with Gasteiger partial charge in [0.1, 0.15) is 12.3 Å². The standard InChI is InChI=1S/C42H59N3O7S2/c1-6-7-27-45-38-23-21-32(2)30-36(38)42(5,25-14-9-10-17-33(46)18-13-15-26-43)40(45)20-12-8-11-19-39-41(3,4)35-31-34(54(50,51)52)22-24-37(35)44(39)28-16-29-53(47,48)49/h8,11-12,19-24,30-31H,6-7,9-10,13-18,25-29,43H2,1-5H3,(H-,47,48,49,50,51,52)/p+1. The summed E-state index contributed by atoms with van der Waals surface area (Å²) in [5.41, 5.74) is 12.0. The van der Waals surface area contributed by atoms with Crippen LogP contribution in [0.2, 0.25) is 0 Å². The zero-order valence-electron chi connectivity index (χ0n) is 32.7. The molecule has 0 aromatic heterocycles. The number of allylic oxidation sites excluding steroid dienone is 6. The Labute approximate surface area is 323 Å². The first kappa shape index (κ1) is 43.3. The molecule has 4 N–H and O–H groups in total. The van der Waals surface area contributed by atoms with Crippen molar-refractivity contribution < 1.29 is 35.3 Å². The molecule has 0 bridgehead atoms. The lowest BCUT2D eigenvalue weighted by Gasteiger charge is -2.30. The Bertz CT molecular complexity index is 2010. The van der Waals surface area contributed by atoms with E-state index in [4.69, 9.17) is 5.73 Å². The fourth-order valence-electron chi connectivity index (χ4n) is 7.87. The van der Waals surface area contributed by atoms with Crippen molar-refractivity contribution in [3.8, 4) is 0 Å². The van der Waals surface area contributed by atoms with Gasteiger partial charge in [-0.15, -0.1) is 0 Å². The molecule has 2 aliphatic heterocycles. The summed E-state index contributed by atoms with van der Waals surface area (Å²) in [6, 6.07) is 11.2. The lowest BCUT2D eigenvalue weighted by atomic mass is 9.76. The topological polar surface area (TPSA) is 158 Å². The van der Waals surface area contributed by atoms with Gasteiger partial charge in [-0.25, -0.2) is 0 Å². The Hall–Kier alpha value is -3.42. The molecule has 0 aliphatic carbocycles. The van der Waals surface area contributed by atoms with E-state index in [-0.39, 0.29) is 23.3 Å². The Kier molecular flexibility index (Phi) is 14.8. The summed E-state index contributed by atoms with van der Waals surface area (Å²) in [5.74, 6) is -0.0804. The van der Waals surface area contributed by atoms with Crippen molar-refractivity contribution in [1.29, 1.82) is 0 Å². The van der Waals surface area contributed by atoms with E-state index in [2.05, 4.69) is 56.0 Å². The number of rotatable bonds is 21. The number of carbonyl (C=O) groups excluding carboxylic acids is 1. The van der Waals surface area contributed by atoms with Crippen LogP contribution in [0, 0.1) is 6.92 Å². The molecule has 0 radical (unpaired) electrons. The molecule has 1 unspecified atom stereocenters. The van der Waals surface area contributed by atoms with Gasteiger partial charge in [0.15, 0.2) is 5.71 Å². The summed E-state index contributed by atoms with van der Waals surface area (Å²) in [7, 11) is -8.60. The molecule has 4 rings (SSSR count). The molecule has 0 amide bonds. The molecule has 10 nitrogen and oxygen atoms in total. The molecule has 0 spiro atoms. The first-order valence-electron chi connectivity index (χ1n) is 19.3. The zero-order valence-corrected chi connectivity index (χ0v) is 34.3. The highest BCUT2D eigenvalue weighted by atomic mass is 32.2. The highest BCUT2D eigenvalue weighted by molar-refractivity contribution is 7.86. The van der Waals surface area contributed by atoms with Crippen LogP contribution in [-0.4, -0.2) is 67.4 Å². The van der Waals surface area contributed by atoms with E-state index in [1.807, 2.05) is 36.7 Å². The van der Waals surface area contributed by atoms with E-state index in [0.29, 0.717) is 36.4 Å². The molecule has 1 atom stereocenters. The summed E-state index contributed by atoms with van der Waals surface area (Å²) in [5, 5.41) is 0. The predicted octanol–water partition coefficient (Wildman–Crippen LogP) is 8.12. The van der Waals surface area contributed by atoms with Gasteiger partial charge >= 0.3 is 0 Å². The molecule has 0 saturated carbocycles. The van der Waals surface area contributed by atoms with Crippen molar-refractivity contribution in [2.45, 2.75) is 121 Å². The summed E-state index contributed by atoms with van der Waals surface area (Å²) in [6.45, 7) is 12.4. The van der Waals surface area contributed by atoms with Gasteiger partial charge in [-0.2, -0.15) is 21.4 Å². The van der Waals surface area contributed by atoms with E-state index in [1.54, 1.807) is 6.07 Å². The zero-order chi connectivity index (χ0) is 39.7. The largest absolute Gasteiger partial charge is 0.344 e. The maximum atomic E-state index is 12.4. The van der Waals surface area contributed by atoms with Crippen molar-refractivity contribution in [3.05, 3.63) is 89.2 Å². The van der Waals surface area contributed by atoms with Gasteiger partial charge in [-0.1, -0.05) is 62.1 Å². The minimum Gasteiger partial charge on any atom is -0.344 e. The third kappa shape index (κ3) is 10.7. The van der Waals surface area contributed by atoms with Crippen molar-refractivity contribution >= 4 is 43.1 Å². The Balaban J connectivity index is 1.63. The normalized spacial score (nSPS) is 19.1. The number of fused-ring (bicyclic) bond motifs is 2. The van der Waals surface area contributed by atoms with Gasteiger partial charge in [0, 0.05) is 60.3 Å². The monoisotopic (exact) mass is 782 g/mol. The molecule has 2 aliphatic rings. The Morgan fingerprint density at radius 1 is 0.870 bits per heavy atom. The summed E-state index contributed by atoms with van der Waals surface area (Å²) in [6.07, 6.45) is 19.2. The molecule has 2 aromatic carbocycles. The molecule has 12 heteroatoms. The molecule has 2 heterocycles. The third-order valence-electron chi connectivity index (χ3n) is 10.8. The molecular formula is C42H60N3O7S2+. The minimum absolute atomic E-state index is 0.158. The number of anilines is 1. The van der Waals surface area contributed by atoms with Crippen LogP contribution in [0.1, 0.15) is 115 Å². The number of ketones is 1. The number of hydrogen-bond acceptors (Lipinski definition) is 7. The van der Waals surface area contributed by atoms with Crippen LogP contribution in [0.5, 0.6) is 0 Å². The second-order valence-corrected chi connectivity index (χ2v) is 18.4. The predicted molar refractivity (Wildman–Crippen MR) is 218 cm³/mol. The van der Waals surface area contributed by atoms with Crippen molar-refractivity contribution in [2.24, 2.45) is 5.73 Å². The smallest absolute Gasteiger partial charge is 0.294 e. The molecule has 54 heavy (non-hydrogen) atoms. The highest BCUT2D eigenvalue weighted by Crippen LogP contribution is 2.51. The first-order valence-corrected chi connectivity index (χ1v) is 22.4.